The number of ketones is 1. The molecule has 0 fully saturated rings. The minimum absolute atomic E-state index is 0.0978. The van der Waals surface area contributed by atoms with Crippen molar-refractivity contribution in [3.63, 3.8) is 0 Å². The van der Waals surface area contributed by atoms with Crippen LogP contribution in [-0.4, -0.2) is 21.2 Å². The van der Waals surface area contributed by atoms with E-state index in [0.29, 0.717) is 12.0 Å². The van der Waals surface area contributed by atoms with E-state index in [1.807, 2.05) is 0 Å². The number of aromatic carboxylic acids is 1. The number of Topliss-reactive ketones (excluding diaryl/α,β-unsaturated/α-hetero) is 1. The average Bonchev–Trinajstić information content (AvgIpc) is 2.37. The Morgan fingerprint density at radius 2 is 2.20 bits per heavy atom. The highest BCUT2D eigenvalue weighted by Gasteiger charge is 2.41. The second-order valence-corrected chi connectivity index (χ2v) is 5.60. The van der Waals surface area contributed by atoms with E-state index in [4.69, 9.17) is 5.11 Å². The van der Waals surface area contributed by atoms with Gasteiger partial charge in [-0.3, -0.25) is 4.79 Å². The molecule has 2 rings (SSSR count). The third-order valence-electron chi connectivity index (χ3n) is 2.60. The smallest absolute Gasteiger partial charge is 0.336 e. The normalized spacial score (nSPS) is 24.0. The molecule has 0 aliphatic heterocycles. The van der Waals surface area contributed by atoms with E-state index in [9.17, 15) is 9.59 Å². The fourth-order valence-electron chi connectivity index (χ4n) is 1.89. The maximum atomic E-state index is 11.9. The Morgan fingerprint density at radius 3 is 2.80 bits per heavy atom. The van der Waals surface area contributed by atoms with Crippen LogP contribution in [0.1, 0.15) is 33.2 Å². The summed E-state index contributed by atoms with van der Waals surface area (Å²) < 4.78 is -0.652. The third kappa shape index (κ3) is 1.49. The van der Waals surface area contributed by atoms with Crippen LogP contribution in [0.25, 0.3) is 0 Å². The highest BCUT2D eigenvalue weighted by atomic mass is 79.9. The Balaban J connectivity index is 2.66. The number of carbonyl (C=O) groups is 2. The number of benzene rings is 1. The highest BCUT2D eigenvalue weighted by molar-refractivity contribution is 9.10. The first-order valence-corrected chi connectivity index (χ1v) is 5.31. The molecule has 0 heterocycles. The zero-order valence-corrected chi connectivity index (χ0v) is 9.67. The second kappa shape index (κ2) is 3.17. The third-order valence-corrected chi connectivity index (χ3v) is 3.24. The molecule has 15 heavy (non-hydrogen) atoms. The summed E-state index contributed by atoms with van der Waals surface area (Å²) in [5.41, 5.74) is 1.25. The number of carbonyl (C=O) groups excluding carboxylic acids is 1. The molecule has 1 unspecified atom stereocenters. The quantitative estimate of drug-likeness (QED) is 0.796. The zero-order chi connectivity index (χ0) is 11.2. The van der Waals surface area contributed by atoms with Crippen molar-refractivity contribution >= 4 is 27.7 Å². The molecule has 1 N–H and O–H groups in total. The summed E-state index contributed by atoms with van der Waals surface area (Å²) in [6.45, 7) is 1.76. The number of hydrogen-bond donors (Lipinski definition) is 1. The first kappa shape index (κ1) is 10.4. The van der Waals surface area contributed by atoms with Crippen LogP contribution >= 0.6 is 15.9 Å². The van der Waals surface area contributed by atoms with Crippen molar-refractivity contribution in [1.29, 1.82) is 0 Å². The highest BCUT2D eigenvalue weighted by Crippen LogP contribution is 2.37. The first-order chi connectivity index (χ1) is 6.93. The lowest BCUT2D eigenvalue weighted by molar-refractivity contribution is 0.0692. The maximum absolute atomic E-state index is 11.9. The van der Waals surface area contributed by atoms with Crippen LogP contribution in [0.5, 0.6) is 0 Å². The number of carboxylic acid groups (broad SMARTS) is 1. The van der Waals surface area contributed by atoms with E-state index in [0.717, 1.165) is 5.56 Å². The van der Waals surface area contributed by atoms with Gasteiger partial charge < -0.3 is 5.11 Å². The van der Waals surface area contributed by atoms with Gasteiger partial charge >= 0.3 is 5.97 Å². The van der Waals surface area contributed by atoms with Crippen molar-refractivity contribution in [2.75, 3.05) is 0 Å². The van der Waals surface area contributed by atoms with Crippen LogP contribution in [0.15, 0.2) is 18.2 Å². The molecule has 78 valence electrons. The van der Waals surface area contributed by atoms with E-state index >= 15 is 0 Å². The van der Waals surface area contributed by atoms with Crippen molar-refractivity contribution in [2.24, 2.45) is 0 Å². The SMILES string of the molecule is CC1(Br)Cc2cccc(C(=O)O)c2C1=O. The average molecular weight is 269 g/mol. The van der Waals surface area contributed by atoms with Crippen molar-refractivity contribution in [3.05, 3.63) is 34.9 Å². The van der Waals surface area contributed by atoms with Crippen LogP contribution in [0.4, 0.5) is 0 Å². The fourth-order valence-corrected chi connectivity index (χ4v) is 2.39. The monoisotopic (exact) mass is 268 g/mol. The second-order valence-electron chi connectivity index (χ2n) is 3.85. The van der Waals surface area contributed by atoms with E-state index in [1.54, 1.807) is 19.1 Å². The van der Waals surface area contributed by atoms with Gasteiger partial charge in [0.25, 0.3) is 0 Å². The Labute approximate surface area is 95.2 Å². The lowest BCUT2D eigenvalue weighted by atomic mass is 10.0. The number of alkyl halides is 1. The summed E-state index contributed by atoms with van der Waals surface area (Å²) in [5.74, 6) is -1.19. The van der Waals surface area contributed by atoms with Crippen LogP contribution in [0.3, 0.4) is 0 Å². The number of fused-ring (bicyclic) bond motifs is 1. The van der Waals surface area contributed by atoms with Crippen molar-refractivity contribution < 1.29 is 14.7 Å². The largest absolute Gasteiger partial charge is 0.478 e. The van der Waals surface area contributed by atoms with Crippen LogP contribution < -0.4 is 0 Å². The summed E-state index contributed by atoms with van der Waals surface area (Å²) in [4.78, 5) is 22.9. The molecule has 3 nitrogen and oxygen atoms in total. The molecule has 1 aliphatic rings. The predicted molar refractivity (Wildman–Crippen MR) is 58.8 cm³/mol. The van der Waals surface area contributed by atoms with Gasteiger partial charge in [-0.05, 0) is 25.0 Å². The van der Waals surface area contributed by atoms with E-state index < -0.39 is 10.3 Å². The zero-order valence-electron chi connectivity index (χ0n) is 8.08. The van der Waals surface area contributed by atoms with E-state index in [-0.39, 0.29) is 11.3 Å². The molecule has 1 atom stereocenters. The van der Waals surface area contributed by atoms with Crippen molar-refractivity contribution in [2.45, 2.75) is 17.7 Å². The summed E-state index contributed by atoms with van der Waals surface area (Å²) in [7, 11) is 0. The molecular formula is C11H9BrO3. The van der Waals surface area contributed by atoms with Crippen molar-refractivity contribution in [3.8, 4) is 0 Å². The summed E-state index contributed by atoms with van der Waals surface area (Å²) in [6, 6.07) is 4.93. The molecule has 0 spiro atoms. The standard InChI is InChI=1S/C11H9BrO3/c1-11(12)5-6-3-2-4-7(10(14)15)8(6)9(11)13/h2-4H,5H2,1H3,(H,14,15). The number of carboxylic acids is 1. The lowest BCUT2D eigenvalue weighted by Gasteiger charge is -2.10. The number of rotatable bonds is 1. The lowest BCUT2D eigenvalue weighted by Crippen LogP contribution is -2.24. The molecule has 0 bridgehead atoms. The molecule has 0 radical (unpaired) electrons. The topological polar surface area (TPSA) is 54.4 Å². The predicted octanol–water partition coefficient (Wildman–Crippen LogP) is 2.28. The van der Waals surface area contributed by atoms with Gasteiger partial charge in [0.2, 0.25) is 0 Å². The molecule has 0 saturated carbocycles. The van der Waals surface area contributed by atoms with Gasteiger partial charge in [-0.1, -0.05) is 28.1 Å². The molecule has 1 aliphatic carbocycles. The van der Waals surface area contributed by atoms with Gasteiger partial charge in [0.1, 0.15) is 0 Å². The van der Waals surface area contributed by atoms with Crippen LogP contribution in [0, 0.1) is 0 Å². The van der Waals surface area contributed by atoms with Gasteiger partial charge in [0, 0.05) is 5.56 Å². The minimum atomic E-state index is -1.05. The van der Waals surface area contributed by atoms with Gasteiger partial charge in [0.05, 0.1) is 9.89 Å². The molecule has 0 saturated heterocycles. The Kier molecular flexibility index (Phi) is 2.19. The van der Waals surface area contributed by atoms with E-state index in [2.05, 4.69) is 15.9 Å². The number of hydrogen-bond acceptors (Lipinski definition) is 2. The van der Waals surface area contributed by atoms with Crippen LogP contribution in [0.2, 0.25) is 0 Å². The first-order valence-electron chi connectivity index (χ1n) is 4.52. The van der Waals surface area contributed by atoms with Crippen LogP contribution in [-0.2, 0) is 6.42 Å². The molecule has 0 aromatic heterocycles. The Bertz CT molecular complexity index is 463. The van der Waals surface area contributed by atoms with Gasteiger partial charge in [0.15, 0.2) is 5.78 Å². The van der Waals surface area contributed by atoms with E-state index in [1.165, 1.54) is 6.07 Å². The molecule has 1 aromatic rings. The molecular weight excluding hydrogens is 260 g/mol. The maximum Gasteiger partial charge on any atom is 0.336 e. The summed E-state index contributed by atoms with van der Waals surface area (Å²) >= 11 is 3.33. The van der Waals surface area contributed by atoms with Crippen molar-refractivity contribution in [1.82, 2.24) is 0 Å². The summed E-state index contributed by atoms with van der Waals surface area (Å²) in [5, 5.41) is 8.97. The van der Waals surface area contributed by atoms with Gasteiger partial charge in [-0.2, -0.15) is 0 Å². The Hall–Kier alpha value is -1.16. The molecule has 1 aromatic carbocycles. The summed E-state index contributed by atoms with van der Waals surface area (Å²) in [6.07, 6.45) is 0.544. The fraction of sp³-hybridized carbons (Fsp3) is 0.273. The molecule has 0 amide bonds. The number of halogens is 1. The Morgan fingerprint density at radius 1 is 1.53 bits per heavy atom. The van der Waals surface area contributed by atoms with Gasteiger partial charge in [-0.25, -0.2) is 4.79 Å². The van der Waals surface area contributed by atoms with Gasteiger partial charge in [-0.15, -0.1) is 0 Å². The minimum Gasteiger partial charge on any atom is -0.478 e. The molecule has 4 heteroatoms.